The zero-order chi connectivity index (χ0) is 10.4. The lowest BCUT2D eigenvalue weighted by Crippen LogP contribution is -2.28. The molecule has 78 valence electrons. The number of aromatic nitrogens is 2. The van der Waals surface area contributed by atoms with E-state index < -0.39 is 0 Å². The highest BCUT2D eigenvalue weighted by Crippen LogP contribution is 2.29. The van der Waals surface area contributed by atoms with Crippen LogP contribution in [0.15, 0.2) is 18.3 Å². The number of H-pyrrole nitrogens is 1. The summed E-state index contributed by atoms with van der Waals surface area (Å²) in [6.07, 6.45) is 4.12. The first kappa shape index (κ1) is 8.92. The van der Waals surface area contributed by atoms with E-state index in [1.807, 2.05) is 12.3 Å². The average molecular weight is 201 g/mol. The van der Waals surface area contributed by atoms with E-state index in [0.29, 0.717) is 6.04 Å². The summed E-state index contributed by atoms with van der Waals surface area (Å²) in [5, 5.41) is 0. The number of likely N-dealkylation sites (N-methyl/N-ethyl adjacent to an activating group) is 1. The maximum absolute atomic E-state index is 4.46. The summed E-state index contributed by atoms with van der Waals surface area (Å²) >= 11 is 0. The molecule has 1 N–H and O–H groups in total. The van der Waals surface area contributed by atoms with Crippen LogP contribution in [0.1, 0.15) is 11.3 Å². The Labute approximate surface area is 89.1 Å². The van der Waals surface area contributed by atoms with Crippen LogP contribution in [-0.4, -0.2) is 35.0 Å². The Bertz CT molecular complexity index is 499. The minimum Gasteiger partial charge on any atom is -0.357 e. The molecule has 3 rings (SSSR count). The van der Waals surface area contributed by atoms with E-state index >= 15 is 0 Å². The third-order valence-electron chi connectivity index (χ3n) is 3.35. The summed E-state index contributed by atoms with van der Waals surface area (Å²) in [4.78, 5) is 10.2. The van der Waals surface area contributed by atoms with Gasteiger partial charge in [0, 0.05) is 29.9 Å². The summed E-state index contributed by atoms with van der Waals surface area (Å²) in [5.74, 6) is 0. The van der Waals surface area contributed by atoms with Crippen LogP contribution in [0.4, 0.5) is 0 Å². The highest BCUT2D eigenvalue weighted by atomic mass is 15.1. The monoisotopic (exact) mass is 201 g/mol. The molecule has 2 aromatic rings. The first-order chi connectivity index (χ1) is 7.25. The van der Waals surface area contributed by atoms with Crippen LogP contribution in [0.5, 0.6) is 0 Å². The third-order valence-corrected chi connectivity index (χ3v) is 3.35. The summed E-state index contributed by atoms with van der Waals surface area (Å²) in [6, 6.07) is 4.72. The number of nitrogens with one attached hydrogen (secondary N) is 1. The topological polar surface area (TPSA) is 31.9 Å². The molecule has 3 heteroatoms. The number of rotatable bonds is 1. The highest BCUT2D eigenvalue weighted by Gasteiger charge is 2.26. The second-order valence-corrected chi connectivity index (χ2v) is 4.51. The number of fused-ring (bicyclic) bond motifs is 3. The van der Waals surface area contributed by atoms with Crippen LogP contribution in [0.3, 0.4) is 0 Å². The fraction of sp³-hybridized carbons (Fsp3) is 0.417. The summed E-state index contributed by atoms with van der Waals surface area (Å²) in [7, 11) is 4.29. The van der Waals surface area contributed by atoms with Gasteiger partial charge in [-0.15, -0.1) is 0 Å². The van der Waals surface area contributed by atoms with E-state index in [2.05, 4.69) is 35.0 Å². The highest BCUT2D eigenvalue weighted by molar-refractivity contribution is 5.81. The van der Waals surface area contributed by atoms with Crippen molar-refractivity contribution < 1.29 is 0 Å². The fourth-order valence-corrected chi connectivity index (χ4v) is 2.43. The van der Waals surface area contributed by atoms with E-state index in [9.17, 15) is 0 Å². The Balaban J connectivity index is 2.08. The number of hydrogen-bond acceptors (Lipinski definition) is 2. The van der Waals surface area contributed by atoms with Gasteiger partial charge in [0.15, 0.2) is 0 Å². The van der Waals surface area contributed by atoms with Gasteiger partial charge >= 0.3 is 0 Å². The van der Waals surface area contributed by atoms with Crippen molar-refractivity contribution >= 4 is 11.0 Å². The van der Waals surface area contributed by atoms with Crippen LogP contribution in [0.25, 0.3) is 11.0 Å². The van der Waals surface area contributed by atoms with E-state index in [0.717, 1.165) is 18.4 Å². The van der Waals surface area contributed by atoms with Crippen LogP contribution < -0.4 is 0 Å². The van der Waals surface area contributed by atoms with E-state index in [1.165, 1.54) is 16.8 Å². The van der Waals surface area contributed by atoms with Crippen LogP contribution in [0.2, 0.25) is 0 Å². The van der Waals surface area contributed by atoms with Crippen molar-refractivity contribution in [3.63, 3.8) is 0 Å². The van der Waals surface area contributed by atoms with Crippen LogP contribution >= 0.6 is 0 Å². The van der Waals surface area contributed by atoms with Crippen LogP contribution in [-0.2, 0) is 12.8 Å². The van der Waals surface area contributed by atoms with Crippen molar-refractivity contribution in [2.45, 2.75) is 18.9 Å². The molecule has 1 aliphatic rings. The molecule has 0 unspecified atom stereocenters. The minimum atomic E-state index is 0.637. The van der Waals surface area contributed by atoms with Crippen molar-refractivity contribution in [3.05, 3.63) is 29.6 Å². The SMILES string of the molecule is CN(C)[C@@H]1Cc2[nH]c3cccnc3c2C1. The Morgan fingerprint density at radius 1 is 1.40 bits per heavy atom. The lowest BCUT2D eigenvalue weighted by Gasteiger charge is -2.18. The molecule has 2 heterocycles. The van der Waals surface area contributed by atoms with Gasteiger partial charge in [-0.25, -0.2) is 0 Å². The van der Waals surface area contributed by atoms with Crippen molar-refractivity contribution in [2.24, 2.45) is 0 Å². The van der Waals surface area contributed by atoms with Gasteiger partial charge in [-0.3, -0.25) is 4.98 Å². The standard InChI is InChI=1S/C12H15N3/c1-15(2)8-6-9-11(7-8)14-10-4-3-5-13-12(9)10/h3-5,8,14H,6-7H2,1-2H3/t8-/m0/s1. The quantitative estimate of drug-likeness (QED) is 0.760. The lowest BCUT2D eigenvalue weighted by molar-refractivity contribution is 0.303. The minimum absolute atomic E-state index is 0.637. The molecule has 0 aliphatic heterocycles. The van der Waals surface area contributed by atoms with Gasteiger partial charge in [0.05, 0.1) is 11.0 Å². The van der Waals surface area contributed by atoms with Gasteiger partial charge in [0.1, 0.15) is 0 Å². The molecule has 0 spiro atoms. The molecule has 15 heavy (non-hydrogen) atoms. The summed E-state index contributed by atoms with van der Waals surface area (Å²) in [6.45, 7) is 0. The number of nitrogens with zero attached hydrogens (tertiary/aromatic N) is 2. The summed E-state index contributed by atoms with van der Waals surface area (Å²) in [5.41, 5.74) is 5.14. The molecule has 0 fully saturated rings. The van der Waals surface area contributed by atoms with Gasteiger partial charge in [0.25, 0.3) is 0 Å². The Morgan fingerprint density at radius 3 is 3.07 bits per heavy atom. The predicted molar refractivity (Wildman–Crippen MR) is 61.0 cm³/mol. The molecular formula is C12H15N3. The number of hydrogen-bond donors (Lipinski definition) is 1. The summed E-state index contributed by atoms with van der Waals surface area (Å²) < 4.78 is 0. The molecule has 0 saturated carbocycles. The van der Waals surface area contributed by atoms with Gasteiger partial charge in [0.2, 0.25) is 0 Å². The molecule has 0 aromatic carbocycles. The smallest absolute Gasteiger partial charge is 0.0914 e. The molecular weight excluding hydrogens is 186 g/mol. The fourth-order valence-electron chi connectivity index (χ4n) is 2.43. The molecule has 0 bridgehead atoms. The van der Waals surface area contributed by atoms with E-state index in [-0.39, 0.29) is 0 Å². The first-order valence-electron chi connectivity index (χ1n) is 5.36. The average Bonchev–Trinajstić information content (AvgIpc) is 2.73. The Hall–Kier alpha value is -1.35. The van der Waals surface area contributed by atoms with Gasteiger partial charge in [-0.05, 0) is 32.6 Å². The molecule has 0 amide bonds. The normalized spacial score (nSPS) is 20.1. The largest absolute Gasteiger partial charge is 0.357 e. The van der Waals surface area contributed by atoms with Crippen molar-refractivity contribution in [1.29, 1.82) is 0 Å². The molecule has 0 saturated heterocycles. The van der Waals surface area contributed by atoms with Crippen molar-refractivity contribution in [1.82, 2.24) is 14.9 Å². The van der Waals surface area contributed by atoms with E-state index in [1.54, 1.807) is 0 Å². The molecule has 1 aliphatic carbocycles. The third kappa shape index (κ3) is 1.27. The van der Waals surface area contributed by atoms with Gasteiger partial charge in [-0.1, -0.05) is 0 Å². The number of pyridine rings is 1. The molecule has 1 atom stereocenters. The second-order valence-electron chi connectivity index (χ2n) is 4.51. The Morgan fingerprint density at radius 2 is 2.27 bits per heavy atom. The Kier molecular flexibility index (Phi) is 1.83. The first-order valence-corrected chi connectivity index (χ1v) is 5.36. The number of aromatic amines is 1. The van der Waals surface area contributed by atoms with Gasteiger partial charge < -0.3 is 9.88 Å². The maximum Gasteiger partial charge on any atom is 0.0914 e. The van der Waals surface area contributed by atoms with Crippen molar-refractivity contribution in [3.8, 4) is 0 Å². The zero-order valence-electron chi connectivity index (χ0n) is 9.12. The predicted octanol–water partition coefficient (Wildman–Crippen LogP) is 1.59. The molecule has 2 aromatic heterocycles. The molecule has 3 nitrogen and oxygen atoms in total. The van der Waals surface area contributed by atoms with Crippen molar-refractivity contribution in [2.75, 3.05) is 14.1 Å². The van der Waals surface area contributed by atoms with Gasteiger partial charge in [-0.2, -0.15) is 0 Å². The van der Waals surface area contributed by atoms with E-state index in [4.69, 9.17) is 0 Å². The zero-order valence-corrected chi connectivity index (χ0v) is 9.12. The van der Waals surface area contributed by atoms with Crippen LogP contribution in [0, 0.1) is 0 Å². The lowest BCUT2D eigenvalue weighted by atomic mass is 10.2. The molecule has 0 radical (unpaired) electrons. The maximum atomic E-state index is 4.46. The second kappa shape index (κ2) is 3.07.